The Morgan fingerprint density at radius 1 is 1.17 bits per heavy atom. The lowest BCUT2D eigenvalue weighted by Crippen LogP contribution is -2.34. The molecule has 0 aromatic heterocycles. The highest BCUT2D eigenvalue weighted by Crippen LogP contribution is 2.25. The first-order chi connectivity index (χ1) is 8.43. The third-order valence-corrected chi connectivity index (χ3v) is 3.17. The van der Waals surface area contributed by atoms with E-state index in [4.69, 9.17) is 0 Å². The van der Waals surface area contributed by atoms with E-state index < -0.39 is 25.6 Å². The van der Waals surface area contributed by atoms with Crippen LogP contribution < -0.4 is 0 Å². The standard InChI is InChI=1S/C12H18F4O2/c13-11(14)12(15,16)8-18-7-10(17)9-5-3-1-2-4-6-9/h9,11H,1-8H2. The van der Waals surface area contributed by atoms with Gasteiger partial charge in [0.25, 0.3) is 0 Å². The number of hydrogen-bond acceptors (Lipinski definition) is 2. The first-order valence-corrected chi connectivity index (χ1v) is 6.20. The summed E-state index contributed by atoms with van der Waals surface area (Å²) in [6.07, 6.45) is 1.78. The average Bonchev–Trinajstić information content (AvgIpc) is 2.56. The van der Waals surface area contributed by atoms with Crippen molar-refractivity contribution in [3.8, 4) is 0 Å². The molecule has 1 aliphatic rings. The van der Waals surface area contributed by atoms with Crippen LogP contribution in [0, 0.1) is 5.92 Å². The highest BCUT2D eigenvalue weighted by molar-refractivity contribution is 5.82. The van der Waals surface area contributed by atoms with E-state index in [1.165, 1.54) is 0 Å². The van der Waals surface area contributed by atoms with Crippen LogP contribution in [0.2, 0.25) is 0 Å². The molecule has 0 heterocycles. The van der Waals surface area contributed by atoms with Crippen molar-refractivity contribution in [1.29, 1.82) is 0 Å². The number of halogens is 4. The SMILES string of the molecule is O=C(COCC(F)(F)C(F)F)C1CCCCCC1. The fourth-order valence-electron chi connectivity index (χ4n) is 2.07. The van der Waals surface area contributed by atoms with Crippen molar-refractivity contribution in [3.63, 3.8) is 0 Å². The Balaban J connectivity index is 2.28. The van der Waals surface area contributed by atoms with E-state index in [0.717, 1.165) is 38.5 Å². The predicted octanol–water partition coefficient (Wildman–Crippen LogP) is 3.44. The third-order valence-electron chi connectivity index (χ3n) is 3.17. The molecule has 0 spiro atoms. The largest absolute Gasteiger partial charge is 0.367 e. The Morgan fingerprint density at radius 3 is 2.22 bits per heavy atom. The molecule has 18 heavy (non-hydrogen) atoms. The number of hydrogen-bond donors (Lipinski definition) is 0. The highest BCUT2D eigenvalue weighted by Gasteiger charge is 2.41. The first-order valence-electron chi connectivity index (χ1n) is 6.20. The van der Waals surface area contributed by atoms with Crippen molar-refractivity contribution in [2.45, 2.75) is 50.9 Å². The molecular formula is C12H18F4O2. The normalized spacial score (nSPS) is 18.9. The molecular weight excluding hydrogens is 252 g/mol. The van der Waals surface area contributed by atoms with Crippen molar-refractivity contribution >= 4 is 5.78 Å². The molecule has 1 rings (SSSR count). The number of ether oxygens (including phenoxy) is 1. The van der Waals surface area contributed by atoms with E-state index >= 15 is 0 Å². The zero-order valence-corrected chi connectivity index (χ0v) is 10.1. The lowest BCUT2D eigenvalue weighted by Gasteiger charge is -2.16. The second kappa shape index (κ2) is 7.07. The van der Waals surface area contributed by atoms with Crippen LogP contribution in [-0.4, -0.2) is 31.3 Å². The van der Waals surface area contributed by atoms with Gasteiger partial charge in [0.1, 0.15) is 13.2 Å². The van der Waals surface area contributed by atoms with E-state index in [1.54, 1.807) is 0 Å². The van der Waals surface area contributed by atoms with Gasteiger partial charge in [-0.05, 0) is 12.8 Å². The third kappa shape index (κ3) is 4.92. The van der Waals surface area contributed by atoms with Gasteiger partial charge in [0.15, 0.2) is 5.78 Å². The maximum atomic E-state index is 12.5. The fraction of sp³-hybridized carbons (Fsp3) is 0.917. The van der Waals surface area contributed by atoms with Gasteiger partial charge >= 0.3 is 12.3 Å². The summed E-state index contributed by atoms with van der Waals surface area (Å²) in [6, 6.07) is 0. The Morgan fingerprint density at radius 2 is 1.72 bits per heavy atom. The second-order valence-corrected chi connectivity index (χ2v) is 4.71. The van der Waals surface area contributed by atoms with Crippen LogP contribution in [0.25, 0.3) is 0 Å². The maximum Gasteiger partial charge on any atom is 0.330 e. The minimum absolute atomic E-state index is 0.160. The number of Topliss-reactive ketones (excluding diaryl/α,β-unsaturated/α-hetero) is 1. The number of ketones is 1. The van der Waals surface area contributed by atoms with Gasteiger partial charge in [-0.1, -0.05) is 25.7 Å². The van der Waals surface area contributed by atoms with Gasteiger partial charge in [-0.15, -0.1) is 0 Å². The maximum absolute atomic E-state index is 12.5. The van der Waals surface area contributed by atoms with Gasteiger partial charge in [0.2, 0.25) is 0 Å². The predicted molar refractivity (Wildman–Crippen MR) is 58.0 cm³/mol. The molecule has 0 N–H and O–H groups in total. The summed E-state index contributed by atoms with van der Waals surface area (Å²) in [7, 11) is 0. The van der Waals surface area contributed by atoms with Gasteiger partial charge in [0.05, 0.1) is 0 Å². The molecule has 0 atom stereocenters. The molecule has 6 heteroatoms. The van der Waals surface area contributed by atoms with E-state index in [1.807, 2.05) is 0 Å². The van der Waals surface area contributed by atoms with Crippen LogP contribution in [0.4, 0.5) is 17.6 Å². The van der Waals surface area contributed by atoms with Crippen LogP contribution in [0.3, 0.4) is 0 Å². The summed E-state index contributed by atoms with van der Waals surface area (Å²) in [4.78, 5) is 11.6. The van der Waals surface area contributed by atoms with Gasteiger partial charge in [-0.25, -0.2) is 8.78 Å². The monoisotopic (exact) mass is 270 g/mol. The van der Waals surface area contributed by atoms with Crippen molar-refractivity contribution in [1.82, 2.24) is 0 Å². The first kappa shape index (κ1) is 15.4. The van der Waals surface area contributed by atoms with Crippen LogP contribution in [0.15, 0.2) is 0 Å². The molecule has 0 unspecified atom stereocenters. The van der Waals surface area contributed by atoms with Crippen LogP contribution in [0.5, 0.6) is 0 Å². The minimum Gasteiger partial charge on any atom is -0.367 e. The molecule has 0 radical (unpaired) electrons. The van der Waals surface area contributed by atoms with E-state index in [0.29, 0.717) is 0 Å². The summed E-state index contributed by atoms with van der Waals surface area (Å²) in [5, 5.41) is 0. The summed E-state index contributed by atoms with van der Waals surface area (Å²) < 4.78 is 53.1. The van der Waals surface area contributed by atoms with Gasteiger partial charge in [0, 0.05) is 5.92 Å². The van der Waals surface area contributed by atoms with Gasteiger partial charge < -0.3 is 4.74 Å². The minimum atomic E-state index is -4.18. The fourth-order valence-corrected chi connectivity index (χ4v) is 2.07. The second-order valence-electron chi connectivity index (χ2n) is 4.71. The number of alkyl halides is 4. The quantitative estimate of drug-likeness (QED) is 0.546. The van der Waals surface area contributed by atoms with E-state index in [9.17, 15) is 22.4 Å². The van der Waals surface area contributed by atoms with Crippen molar-refractivity contribution in [2.75, 3.05) is 13.2 Å². The molecule has 0 bridgehead atoms. The Bertz CT molecular complexity index is 261. The molecule has 2 nitrogen and oxygen atoms in total. The lowest BCUT2D eigenvalue weighted by atomic mass is 9.96. The van der Waals surface area contributed by atoms with Gasteiger partial charge in [-0.3, -0.25) is 4.79 Å². The molecule has 1 aliphatic carbocycles. The van der Waals surface area contributed by atoms with Gasteiger partial charge in [-0.2, -0.15) is 8.78 Å². The lowest BCUT2D eigenvalue weighted by molar-refractivity contribution is -0.169. The molecule has 0 aromatic rings. The van der Waals surface area contributed by atoms with Crippen LogP contribution in [-0.2, 0) is 9.53 Å². The van der Waals surface area contributed by atoms with E-state index in [-0.39, 0.29) is 11.7 Å². The van der Waals surface area contributed by atoms with Crippen LogP contribution in [0.1, 0.15) is 38.5 Å². The molecule has 106 valence electrons. The Kier molecular flexibility index (Phi) is 6.05. The zero-order chi connectivity index (χ0) is 13.6. The summed E-state index contributed by atoms with van der Waals surface area (Å²) >= 11 is 0. The zero-order valence-electron chi connectivity index (χ0n) is 10.1. The number of carbonyl (C=O) groups excluding carboxylic acids is 1. The summed E-state index contributed by atoms with van der Waals surface area (Å²) in [6.45, 7) is -1.89. The molecule has 0 amide bonds. The van der Waals surface area contributed by atoms with Crippen molar-refractivity contribution in [2.24, 2.45) is 5.92 Å². The number of carbonyl (C=O) groups is 1. The Labute approximate surface area is 104 Å². The molecule has 1 fully saturated rings. The van der Waals surface area contributed by atoms with Crippen LogP contribution >= 0.6 is 0 Å². The Hall–Kier alpha value is -0.650. The number of rotatable bonds is 6. The molecule has 0 aromatic carbocycles. The smallest absolute Gasteiger partial charge is 0.330 e. The molecule has 0 aliphatic heterocycles. The highest BCUT2D eigenvalue weighted by atomic mass is 19.3. The molecule has 0 saturated heterocycles. The van der Waals surface area contributed by atoms with Crippen molar-refractivity contribution < 1.29 is 27.1 Å². The molecule has 1 saturated carbocycles. The average molecular weight is 270 g/mol. The topological polar surface area (TPSA) is 26.3 Å². The summed E-state index contributed by atoms with van der Waals surface area (Å²) in [5.74, 6) is -4.58. The van der Waals surface area contributed by atoms with E-state index in [2.05, 4.69) is 4.74 Å². The van der Waals surface area contributed by atoms with Crippen molar-refractivity contribution in [3.05, 3.63) is 0 Å². The summed E-state index contributed by atoms with van der Waals surface area (Å²) in [5.41, 5.74) is 0.